The van der Waals surface area contributed by atoms with E-state index in [9.17, 15) is 4.79 Å². The summed E-state index contributed by atoms with van der Waals surface area (Å²) in [6.07, 6.45) is 11.3. The Balaban J connectivity index is 4.66. The lowest BCUT2D eigenvalue weighted by Gasteiger charge is -2.39. The summed E-state index contributed by atoms with van der Waals surface area (Å²) in [7, 11) is 1.67. The highest BCUT2D eigenvalue weighted by atomic mass is 16.7. The molecular formula is C19H37NO4. The molecule has 5 nitrogen and oxygen atoms in total. The topological polar surface area (TPSA) is 57.1 Å². The number of unbranched alkanes of at least 4 members (excludes halogenated alkanes) is 5. The molecule has 0 radical (unpaired) electrons. The van der Waals surface area contributed by atoms with E-state index in [2.05, 4.69) is 11.9 Å². The molecule has 0 aliphatic carbocycles. The third kappa shape index (κ3) is 9.53. The predicted octanol–water partition coefficient (Wildman–Crippen LogP) is 4.64. The van der Waals surface area contributed by atoms with Crippen molar-refractivity contribution >= 4 is 6.08 Å². The van der Waals surface area contributed by atoms with E-state index in [4.69, 9.17) is 14.2 Å². The number of hydrogen-bond donors (Lipinski definition) is 0. The van der Waals surface area contributed by atoms with Gasteiger partial charge in [0.25, 0.3) is 0 Å². The maximum absolute atomic E-state index is 10.2. The Bertz CT molecular complexity index is 331. The lowest BCUT2D eigenvalue weighted by atomic mass is 9.97. The second-order valence-electron chi connectivity index (χ2n) is 6.03. The van der Waals surface area contributed by atoms with E-state index < -0.39 is 5.79 Å². The lowest BCUT2D eigenvalue weighted by Crippen LogP contribution is -2.48. The third-order valence-corrected chi connectivity index (χ3v) is 4.27. The van der Waals surface area contributed by atoms with Crippen molar-refractivity contribution in [3.05, 3.63) is 0 Å². The van der Waals surface area contributed by atoms with Crippen molar-refractivity contribution < 1.29 is 19.0 Å². The van der Waals surface area contributed by atoms with Crippen LogP contribution >= 0.6 is 0 Å². The highest BCUT2D eigenvalue weighted by molar-refractivity contribution is 5.32. The zero-order valence-corrected chi connectivity index (χ0v) is 16.1. The van der Waals surface area contributed by atoms with Gasteiger partial charge >= 0.3 is 0 Å². The Morgan fingerprint density at radius 2 is 1.71 bits per heavy atom. The first-order valence-corrected chi connectivity index (χ1v) is 9.55. The molecule has 0 amide bonds. The fraction of sp³-hybridized carbons (Fsp3) is 0.947. The SMILES string of the molecule is CCCCCCCCC(OCC)C(CCCN=C=O)(OC)OCC. The van der Waals surface area contributed by atoms with Crippen LogP contribution in [0.2, 0.25) is 0 Å². The number of carbonyl (C=O) groups excluding carboxylic acids is 1. The smallest absolute Gasteiger partial charge is 0.234 e. The normalized spacial score (nSPS) is 14.8. The van der Waals surface area contributed by atoms with Crippen LogP contribution in [-0.2, 0) is 19.0 Å². The van der Waals surface area contributed by atoms with Crippen LogP contribution in [0.3, 0.4) is 0 Å². The van der Waals surface area contributed by atoms with Gasteiger partial charge in [-0.2, -0.15) is 0 Å². The summed E-state index contributed by atoms with van der Waals surface area (Å²) in [6.45, 7) is 7.82. The fourth-order valence-corrected chi connectivity index (χ4v) is 3.05. The van der Waals surface area contributed by atoms with E-state index in [1.54, 1.807) is 13.2 Å². The van der Waals surface area contributed by atoms with Gasteiger partial charge in [0.05, 0.1) is 6.54 Å². The minimum atomic E-state index is -0.757. The molecule has 2 atom stereocenters. The van der Waals surface area contributed by atoms with Crippen molar-refractivity contribution in [2.24, 2.45) is 4.99 Å². The van der Waals surface area contributed by atoms with Gasteiger partial charge in [0.1, 0.15) is 6.10 Å². The van der Waals surface area contributed by atoms with Crippen LogP contribution in [0.4, 0.5) is 0 Å². The molecule has 0 saturated carbocycles. The van der Waals surface area contributed by atoms with Crippen molar-refractivity contribution in [3.8, 4) is 0 Å². The standard InChI is InChI=1S/C19H37NO4/c1-5-8-9-10-11-12-14-18(23-6-2)19(22-4,24-7-3)15-13-16-20-17-21/h18H,5-16H2,1-4H3. The van der Waals surface area contributed by atoms with E-state index in [1.165, 1.54) is 32.1 Å². The minimum absolute atomic E-state index is 0.0983. The molecule has 0 spiro atoms. The zero-order valence-electron chi connectivity index (χ0n) is 16.1. The van der Waals surface area contributed by atoms with Crippen LogP contribution in [0.5, 0.6) is 0 Å². The number of nitrogens with zero attached hydrogens (tertiary/aromatic N) is 1. The van der Waals surface area contributed by atoms with Crippen LogP contribution < -0.4 is 0 Å². The molecule has 0 aromatic heterocycles. The van der Waals surface area contributed by atoms with Gasteiger partial charge in [-0.25, -0.2) is 9.79 Å². The van der Waals surface area contributed by atoms with Gasteiger partial charge < -0.3 is 14.2 Å². The molecule has 0 aliphatic heterocycles. The van der Waals surface area contributed by atoms with Gasteiger partial charge in [0.2, 0.25) is 6.08 Å². The largest absolute Gasteiger partial charge is 0.373 e. The van der Waals surface area contributed by atoms with Crippen molar-refractivity contribution in [1.82, 2.24) is 0 Å². The molecular weight excluding hydrogens is 306 g/mol. The molecule has 0 saturated heterocycles. The van der Waals surface area contributed by atoms with Crippen LogP contribution in [0.1, 0.15) is 78.6 Å². The van der Waals surface area contributed by atoms with E-state index in [0.29, 0.717) is 32.6 Å². The van der Waals surface area contributed by atoms with Gasteiger partial charge in [0.15, 0.2) is 5.79 Å². The summed E-state index contributed by atoms with van der Waals surface area (Å²) in [6, 6.07) is 0. The Kier molecular flexibility index (Phi) is 15.3. The Morgan fingerprint density at radius 1 is 1.00 bits per heavy atom. The van der Waals surface area contributed by atoms with Crippen LogP contribution in [0.25, 0.3) is 0 Å². The van der Waals surface area contributed by atoms with Gasteiger partial charge in [0, 0.05) is 26.7 Å². The lowest BCUT2D eigenvalue weighted by molar-refractivity contribution is -0.283. The average Bonchev–Trinajstić information content (AvgIpc) is 2.60. The molecule has 0 bridgehead atoms. The quantitative estimate of drug-likeness (QED) is 0.167. The number of hydrogen-bond acceptors (Lipinski definition) is 5. The van der Waals surface area contributed by atoms with E-state index in [-0.39, 0.29) is 6.10 Å². The Labute approximate surface area is 148 Å². The van der Waals surface area contributed by atoms with Crippen LogP contribution in [0, 0.1) is 0 Å². The number of rotatable bonds is 17. The van der Waals surface area contributed by atoms with Crippen molar-refractivity contribution in [1.29, 1.82) is 0 Å². The molecule has 0 fully saturated rings. The van der Waals surface area contributed by atoms with Crippen molar-refractivity contribution in [2.45, 2.75) is 90.4 Å². The van der Waals surface area contributed by atoms with Gasteiger partial charge in [-0.05, 0) is 26.7 Å². The van der Waals surface area contributed by atoms with Gasteiger partial charge in [-0.1, -0.05) is 45.4 Å². The van der Waals surface area contributed by atoms with Crippen molar-refractivity contribution in [2.75, 3.05) is 26.9 Å². The molecule has 142 valence electrons. The summed E-state index contributed by atoms with van der Waals surface area (Å²) < 4.78 is 17.7. The Morgan fingerprint density at radius 3 is 2.29 bits per heavy atom. The molecule has 24 heavy (non-hydrogen) atoms. The summed E-state index contributed by atoms with van der Waals surface area (Å²) in [4.78, 5) is 13.9. The monoisotopic (exact) mass is 343 g/mol. The van der Waals surface area contributed by atoms with Crippen LogP contribution in [0.15, 0.2) is 4.99 Å². The van der Waals surface area contributed by atoms with Gasteiger partial charge in [-0.15, -0.1) is 0 Å². The number of ether oxygens (including phenoxy) is 3. The molecule has 0 aromatic rings. The fourth-order valence-electron chi connectivity index (χ4n) is 3.05. The maximum Gasteiger partial charge on any atom is 0.234 e. The molecule has 0 aliphatic rings. The zero-order chi connectivity index (χ0) is 18.1. The molecule has 0 rings (SSSR count). The first-order chi connectivity index (χ1) is 11.7. The first-order valence-electron chi connectivity index (χ1n) is 9.55. The molecule has 2 unspecified atom stereocenters. The second-order valence-corrected chi connectivity index (χ2v) is 6.03. The summed E-state index contributed by atoms with van der Waals surface area (Å²) in [5.41, 5.74) is 0. The van der Waals surface area contributed by atoms with E-state index in [1.807, 2.05) is 13.8 Å². The predicted molar refractivity (Wildman–Crippen MR) is 97.0 cm³/mol. The number of isocyanates is 1. The molecule has 0 aromatic carbocycles. The third-order valence-electron chi connectivity index (χ3n) is 4.27. The highest BCUT2D eigenvalue weighted by Crippen LogP contribution is 2.30. The summed E-state index contributed by atoms with van der Waals surface area (Å²) in [5, 5.41) is 0. The Hall–Kier alpha value is -0.740. The molecule has 5 heteroatoms. The first kappa shape index (κ1) is 23.3. The summed E-state index contributed by atoms with van der Waals surface area (Å²) >= 11 is 0. The van der Waals surface area contributed by atoms with E-state index in [0.717, 1.165) is 12.8 Å². The van der Waals surface area contributed by atoms with Crippen molar-refractivity contribution in [3.63, 3.8) is 0 Å². The van der Waals surface area contributed by atoms with E-state index >= 15 is 0 Å². The van der Waals surface area contributed by atoms with Gasteiger partial charge in [-0.3, -0.25) is 0 Å². The second kappa shape index (κ2) is 15.8. The van der Waals surface area contributed by atoms with Crippen LogP contribution in [-0.4, -0.2) is 44.8 Å². The number of methoxy groups -OCH3 is 1. The minimum Gasteiger partial charge on any atom is -0.373 e. The molecule has 0 N–H and O–H groups in total. The highest BCUT2D eigenvalue weighted by Gasteiger charge is 2.40. The average molecular weight is 344 g/mol. The summed E-state index contributed by atoms with van der Waals surface area (Å²) in [5.74, 6) is -0.757. The molecule has 0 heterocycles. The maximum atomic E-state index is 10.2. The number of aliphatic imine (C=N–C) groups is 1.